The number of hydrogen-bond acceptors (Lipinski definition) is 1. The molecule has 32 heavy (non-hydrogen) atoms. The lowest BCUT2D eigenvalue weighted by Gasteiger charge is -2.46. The highest BCUT2D eigenvalue weighted by molar-refractivity contribution is 5.69. The molecule has 164 valence electrons. The molecule has 0 unspecified atom stereocenters. The molecule has 0 bridgehead atoms. The topological polar surface area (TPSA) is 3.24 Å². The van der Waals surface area contributed by atoms with Crippen molar-refractivity contribution in [1.82, 2.24) is 0 Å². The van der Waals surface area contributed by atoms with Crippen LogP contribution in [0.15, 0.2) is 103 Å². The fraction of sp³-hybridized carbons (Fsp3) is 0.290. The van der Waals surface area contributed by atoms with Crippen molar-refractivity contribution in [3.63, 3.8) is 0 Å². The summed E-state index contributed by atoms with van der Waals surface area (Å²) in [5, 5.41) is 0. The second kappa shape index (κ2) is 10.0. The van der Waals surface area contributed by atoms with Gasteiger partial charge in [-0.05, 0) is 72.6 Å². The van der Waals surface area contributed by atoms with E-state index in [0.717, 1.165) is 32.1 Å². The van der Waals surface area contributed by atoms with E-state index in [1.54, 1.807) is 0 Å². The van der Waals surface area contributed by atoms with Crippen LogP contribution in [-0.2, 0) is 12.0 Å². The first-order valence-electron chi connectivity index (χ1n) is 12.1. The summed E-state index contributed by atoms with van der Waals surface area (Å²) in [7, 11) is 0. The lowest BCUT2D eigenvalue weighted by Crippen LogP contribution is -2.45. The van der Waals surface area contributed by atoms with E-state index < -0.39 is 0 Å². The minimum absolute atomic E-state index is 0.0843. The summed E-state index contributed by atoms with van der Waals surface area (Å²) in [6.45, 7) is 6.84. The summed E-state index contributed by atoms with van der Waals surface area (Å²) in [5.41, 5.74) is 7.78. The molecule has 0 heterocycles. The molecule has 1 aliphatic carbocycles. The van der Waals surface area contributed by atoms with Crippen molar-refractivity contribution in [3.05, 3.63) is 114 Å². The number of benzene rings is 3. The van der Waals surface area contributed by atoms with Crippen molar-refractivity contribution in [3.8, 4) is 11.1 Å². The van der Waals surface area contributed by atoms with Gasteiger partial charge in [-0.15, -0.1) is 0 Å². The van der Waals surface area contributed by atoms with Crippen LogP contribution < -0.4 is 4.90 Å². The van der Waals surface area contributed by atoms with Gasteiger partial charge < -0.3 is 4.90 Å². The predicted octanol–water partition coefficient (Wildman–Crippen LogP) is 8.67. The maximum Gasteiger partial charge on any atom is 0.0697 e. The van der Waals surface area contributed by atoms with E-state index in [-0.39, 0.29) is 5.54 Å². The van der Waals surface area contributed by atoms with Crippen LogP contribution in [0.3, 0.4) is 0 Å². The smallest absolute Gasteiger partial charge is 0.0697 e. The molecule has 0 atom stereocenters. The monoisotopic (exact) mass is 421 g/mol. The molecular formula is C31H35N. The molecule has 0 spiro atoms. The Morgan fingerprint density at radius 3 is 1.88 bits per heavy atom. The summed E-state index contributed by atoms with van der Waals surface area (Å²) in [5.74, 6) is 0. The molecule has 4 rings (SSSR count). The highest BCUT2D eigenvalue weighted by Crippen LogP contribution is 2.43. The van der Waals surface area contributed by atoms with Crippen LogP contribution in [0.1, 0.15) is 57.6 Å². The SMILES string of the molecule is CCc1ccc(-c2ccc(N(C3=CCCC=C3)C(CC)(CC)c3ccccc3)cc2)cc1. The van der Waals surface area contributed by atoms with Gasteiger partial charge in [0.15, 0.2) is 0 Å². The van der Waals surface area contributed by atoms with Crippen molar-refractivity contribution >= 4 is 5.69 Å². The molecule has 1 heteroatoms. The van der Waals surface area contributed by atoms with Crippen LogP contribution in [0.25, 0.3) is 11.1 Å². The van der Waals surface area contributed by atoms with Gasteiger partial charge in [-0.2, -0.15) is 0 Å². The Morgan fingerprint density at radius 1 is 0.719 bits per heavy atom. The average Bonchev–Trinajstić information content (AvgIpc) is 2.88. The van der Waals surface area contributed by atoms with E-state index in [1.165, 1.54) is 33.6 Å². The molecule has 3 aromatic rings. The van der Waals surface area contributed by atoms with Crippen molar-refractivity contribution in [2.24, 2.45) is 0 Å². The van der Waals surface area contributed by atoms with Crippen LogP contribution in [0, 0.1) is 0 Å². The molecular weight excluding hydrogens is 386 g/mol. The summed E-state index contributed by atoms with van der Waals surface area (Å²) in [6, 6.07) is 29.1. The first-order chi connectivity index (χ1) is 15.7. The normalized spacial score (nSPS) is 13.7. The van der Waals surface area contributed by atoms with Gasteiger partial charge in [-0.3, -0.25) is 0 Å². The molecule has 1 nitrogen and oxygen atoms in total. The van der Waals surface area contributed by atoms with Crippen LogP contribution >= 0.6 is 0 Å². The second-order valence-corrected chi connectivity index (χ2v) is 8.65. The Labute approximate surface area is 194 Å². The maximum absolute atomic E-state index is 2.59. The highest BCUT2D eigenvalue weighted by Gasteiger charge is 2.37. The zero-order valence-electron chi connectivity index (χ0n) is 19.7. The number of nitrogens with zero attached hydrogens (tertiary/aromatic N) is 1. The summed E-state index contributed by atoms with van der Waals surface area (Å²) in [6.07, 6.45) is 12.4. The Balaban J connectivity index is 1.78. The van der Waals surface area contributed by atoms with Gasteiger partial charge in [0, 0.05) is 11.4 Å². The predicted molar refractivity (Wildman–Crippen MR) is 139 cm³/mol. The van der Waals surface area contributed by atoms with Crippen molar-refractivity contribution in [2.45, 2.75) is 58.4 Å². The molecule has 3 aromatic carbocycles. The molecule has 0 fully saturated rings. The van der Waals surface area contributed by atoms with Crippen LogP contribution in [0.4, 0.5) is 5.69 Å². The number of rotatable bonds is 8. The van der Waals surface area contributed by atoms with Gasteiger partial charge in [0.25, 0.3) is 0 Å². The fourth-order valence-electron chi connectivity index (χ4n) is 5.00. The Kier molecular flexibility index (Phi) is 6.95. The largest absolute Gasteiger partial charge is 0.332 e. The van der Waals surface area contributed by atoms with Gasteiger partial charge in [-0.25, -0.2) is 0 Å². The second-order valence-electron chi connectivity index (χ2n) is 8.65. The third kappa shape index (κ3) is 4.30. The van der Waals surface area contributed by atoms with Crippen LogP contribution in [0.5, 0.6) is 0 Å². The summed E-state index contributed by atoms with van der Waals surface area (Å²) in [4.78, 5) is 2.59. The van der Waals surface area contributed by atoms with Crippen molar-refractivity contribution < 1.29 is 0 Å². The molecule has 0 N–H and O–H groups in total. The van der Waals surface area contributed by atoms with E-state index in [4.69, 9.17) is 0 Å². The first-order valence-corrected chi connectivity index (χ1v) is 12.1. The maximum atomic E-state index is 2.59. The molecule has 0 saturated heterocycles. The lowest BCUT2D eigenvalue weighted by molar-refractivity contribution is 0.393. The van der Waals surface area contributed by atoms with Gasteiger partial charge in [0.2, 0.25) is 0 Å². The van der Waals surface area contributed by atoms with E-state index in [2.05, 4.69) is 123 Å². The van der Waals surface area contributed by atoms with Gasteiger partial charge in [0.05, 0.1) is 5.54 Å². The molecule has 1 aliphatic rings. The van der Waals surface area contributed by atoms with E-state index in [0.29, 0.717) is 0 Å². The minimum Gasteiger partial charge on any atom is -0.332 e. The number of allylic oxidation sites excluding steroid dienone is 3. The van der Waals surface area contributed by atoms with Crippen LogP contribution in [-0.4, -0.2) is 0 Å². The van der Waals surface area contributed by atoms with E-state index in [1.807, 2.05) is 0 Å². The van der Waals surface area contributed by atoms with Gasteiger partial charge >= 0.3 is 0 Å². The Bertz CT molecular complexity index is 1050. The average molecular weight is 422 g/mol. The molecule has 0 amide bonds. The third-order valence-electron chi connectivity index (χ3n) is 6.96. The number of aryl methyl sites for hydroxylation is 1. The highest BCUT2D eigenvalue weighted by atomic mass is 15.2. The quantitative estimate of drug-likeness (QED) is 0.352. The zero-order chi connectivity index (χ0) is 22.4. The van der Waals surface area contributed by atoms with Crippen molar-refractivity contribution in [1.29, 1.82) is 0 Å². The molecule has 0 saturated carbocycles. The van der Waals surface area contributed by atoms with Crippen molar-refractivity contribution in [2.75, 3.05) is 4.90 Å². The molecule has 0 radical (unpaired) electrons. The van der Waals surface area contributed by atoms with Gasteiger partial charge in [0.1, 0.15) is 0 Å². The van der Waals surface area contributed by atoms with E-state index in [9.17, 15) is 0 Å². The minimum atomic E-state index is -0.0843. The zero-order valence-corrected chi connectivity index (χ0v) is 19.7. The van der Waals surface area contributed by atoms with Crippen LogP contribution in [0.2, 0.25) is 0 Å². The summed E-state index contributed by atoms with van der Waals surface area (Å²) >= 11 is 0. The fourth-order valence-corrected chi connectivity index (χ4v) is 5.00. The molecule has 0 aliphatic heterocycles. The number of hydrogen-bond donors (Lipinski definition) is 0. The van der Waals surface area contributed by atoms with E-state index >= 15 is 0 Å². The van der Waals surface area contributed by atoms with Gasteiger partial charge in [-0.1, -0.05) is 99.7 Å². The first kappa shape index (κ1) is 22.1. The number of anilines is 1. The Hall–Kier alpha value is -3.06. The molecule has 0 aromatic heterocycles. The summed E-state index contributed by atoms with van der Waals surface area (Å²) < 4.78 is 0. The lowest BCUT2D eigenvalue weighted by atomic mass is 9.81. The Morgan fingerprint density at radius 2 is 1.34 bits per heavy atom. The third-order valence-corrected chi connectivity index (χ3v) is 6.96. The standard InChI is InChI=1S/C31H35N/c1-4-25-17-19-26(20-18-25)27-21-23-30(24-22-27)32(29-15-11-8-12-16-29)31(5-2,6-3)28-13-9-7-10-14-28/h7,9-11,13-24H,4-6,8,12H2,1-3H3.